The van der Waals surface area contributed by atoms with Gasteiger partial charge in [-0.15, -0.1) is 0 Å². The van der Waals surface area contributed by atoms with Gasteiger partial charge in [0.05, 0.1) is 11.3 Å². The van der Waals surface area contributed by atoms with Crippen molar-refractivity contribution in [2.75, 3.05) is 31.9 Å². The van der Waals surface area contributed by atoms with E-state index in [0.717, 1.165) is 47.7 Å². The highest BCUT2D eigenvalue weighted by Crippen LogP contribution is 2.32. The van der Waals surface area contributed by atoms with Gasteiger partial charge in [-0.3, -0.25) is 14.3 Å². The molecule has 1 aliphatic rings. The molecule has 2 N–H and O–H groups in total. The van der Waals surface area contributed by atoms with Crippen molar-refractivity contribution in [2.45, 2.75) is 6.54 Å². The minimum Gasteiger partial charge on any atom is -0.383 e. The molecular weight excluding hydrogens is 522 g/mol. The van der Waals surface area contributed by atoms with E-state index in [-0.39, 0.29) is 5.91 Å². The first kappa shape index (κ1) is 25.7. The smallest absolute Gasteiger partial charge is 0.246 e. The Balaban J connectivity index is 1.36. The molecule has 1 fully saturated rings. The van der Waals surface area contributed by atoms with E-state index < -0.39 is 0 Å². The van der Waals surface area contributed by atoms with E-state index in [1.165, 1.54) is 11.6 Å². The van der Waals surface area contributed by atoms with Crippen LogP contribution >= 0.6 is 11.6 Å². The number of nitrogens with zero attached hydrogens (tertiary/aromatic N) is 6. The van der Waals surface area contributed by atoms with Crippen LogP contribution in [0.15, 0.2) is 91.6 Å². The molecule has 40 heavy (non-hydrogen) atoms. The number of hydrogen-bond acceptors (Lipinski definition) is 6. The molecule has 0 atom stereocenters. The number of piperazine rings is 1. The molecule has 4 heterocycles. The van der Waals surface area contributed by atoms with Gasteiger partial charge in [-0.2, -0.15) is 0 Å². The van der Waals surface area contributed by atoms with Crippen LogP contribution < -0.4 is 5.73 Å². The highest BCUT2D eigenvalue weighted by Gasteiger charge is 2.21. The van der Waals surface area contributed by atoms with Crippen molar-refractivity contribution in [3.05, 3.63) is 102 Å². The molecule has 5 aromatic rings. The zero-order chi connectivity index (χ0) is 27.6. The van der Waals surface area contributed by atoms with Crippen molar-refractivity contribution in [1.82, 2.24) is 29.3 Å². The van der Waals surface area contributed by atoms with Crippen molar-refractivity contribution in [3.8, 4) is 28.3 Å². The predicted octanol–water partition coefficient (Wildman–Crippen LogP) is 5.22. The van der Waals surface area contributed by atoms with Gasteiger partial charge < -0.3 is 10.6 Å². The van der Waals surface area contributed by atoms with Crippen LogP contribution in [0, 0.1) is 0 Å². The maximum Gasteiger partial charge on any atom is 0.246 e. The molecule has 3 aromatic heterocycles. The van der Waals surface area contributed by atoms with Crippen LogP contribution in [-0.4, -0.2) is 61.4 Å². The van der Waals surface area contributed by atoms with E-state index in [0.29, 0.717) is 35.4 Å². The van der Waals surface area contributed by atoms with Crippen molar-refractivity contribution in [2.24, 2.45) is 0 Å². The molecule has 0 bridgehead atoms. The number of aromatic nitrogens is 4. The first-order valence-corrected chi connectivity index (χ1v) is 13.5. The topological polar surface area (TPSA) is 93.2 Å². The minimum atomic E-state index is -0.00579. The number of amides is 1. The van der Waals surface area contributed by atoms with E-state index in [1.54, 1.807) is 6.20 Å². The van der Waals surface area contributed by atoms with E-state index in [1.807, 2.05) is 58.0 Å². The number of rotatable bonds is 6. The van der Waals surface area contributed by atoms with Crippen molar-refractivity contribution in [1.29, 1.82) is 0 Å². The van der Waals surface area contributed by atoms with Gasteiger partial charge in [0.1, 0.15) is 11.3 Å². The molecule has 1 saturated heterocycles. The number of imidazole rings is 1. The average molecular weight is 550 g/mol. The fourth-order valence-corrected chi connectivity index (χ4v) is 5.25. The fraction of sp³-hybridized carbons (Fsp3) is 0.161. The fourth-order valence-electron chi connectivity index (χ4n) is 5.06. The Morgan fingerprint density at radius 1 is 0.975 bits per heavy atom. The molecule has 200 valence electrons. The second-order valence-electron chi connectivity index (χ2n) is 9.73. The van der Waals surface area contributed by atoms with Crippen molar-refractivity contribution in [3.63, 3.8) is 0 Å². The number of carbonyl (C=O) groups excluding carboxylic acids is 1. The molecule has 1 amide bonds. The van der Waals surface area contributed by atoms with E-state index in [4.69, 9.17) is 27.3 Å². The van der Waals surface area contributed by atoms with Crippen molar-refractivity contribution >= 4 is 34.5 Å². The van der Waals surface area contributed by atoms with Crippen LogP contribution in [0.3, 0.4) is 0 Å². The second kappa shape index (κ2) is 10.9. The summed E-state index contributed by atoms with van der Waals surface area (Å²) >= 11 is 6.26. The zero-order valence-electron chi connectivity index (χ0n) is 21.9. The van der Waals surface area contributed by atoms with Gasteiger partial charge in [0.2, 0.25) is 5.91 Å². The summed E-state index contributed by atoms with van der Waals surface area (Å²) in [5.74, 6) is 1.07. The summed E-state index contributed by atoms with van der Waals surface area (Å²) in [6.07, 6.45) is 3.05. The lowest BCUT2D eigenvalue weighted by Crippen LogP contribution is -2.47. The Morgan fingerprint density at radius 3 is 2.50 bits per heavy atom. The number of pyridine rings is 2. The Bertz CT molecular complexity index is 1710. The van der Waals surface area contributed by atoms with Crippen LogP contribution in [0.2, 0.25) is 5.02 Å². The number of benzene rings is 2. The lowest BCUT2D eigenvalue weighted by Gasteiger charge is -2.34. The number of anilines is 1. The molecule has 0 spiro atoms. The Labute approximate surface area is 237 Å². The molecule has 0 saturated carbocycles. The lowest BCUT2D eigenvalue weighted by molar-refractivity contribution is -0.127. The molecule has 0 radical (unpaired) electrons. The standard InChI is InChI=1S/C31H28ClN7O/c1-2-28(40)38-17-15-37(16-18-38)20-21-8-10-24(11-9-21)39-30(25-7-4-14-34-29(25)33)36-27-13-12-26(35-31(27)39)22-5-3-6-23(32)19-22/h2-14,19H,1,15-18,20H2,(H2,33,34). The summed E-state index contributed by atoms with van der Waals surface area (Å²) in [6.45, 7) is 7.47. The number of hydrogen-bond donors (Lipinski definition) is 1. The number of nitrogens with two attached hydrogens (primary N) is 1. The Hall–Kier alpha value is -4.53. The number of carbonyl (C=O) groups is 1. The Kier molecular flexibility index (Phi) is 7.02. The molecular formula is C31H28ClN7O. The predicted molar refractivity (Wildman–Crippen MR) is 159 cm³/mol. The number of nitrogen functional groups attached to an aromatic ring is 1. The molecule has 2 aromatic carbocycles. The summed E-state index contributed by atoms with van der Waals surface area (Å²) in [5, 5.41) is 0.654. The van der Waals surface area contributed by atoms with Gasteiger partial charge in [0, 0.05) is 55.2 Å². The van der Waals surface area contributed by atoms with Gasteiger partial charge in [0.15, 0.2) is 11.5 Å². The summed E-state index contributed by atoms with van der Waals surface area (Å²) in [6, 6.07) is 23.8. The highest BCUT2D eigenvalue weighted by atomic mass is 35.5. The van der Waals surface area contributed by atoms with Crippen LogP contribution in [0.5, 0.6) is 0 Å². The Morgan fingerprint density at radius 2 is 1.77 bits per heavy atom. The molecule has 0 aliphatic carbocycles. The lowest BCUT2D eigenvalue weighted by atomic mass is 10.1. The third-order valence-electron chi connectivity index (χ3n) is 7.16. The van der Waals surface area contributed by atoms with Crippen molar-refractivity contribution < 1.29 is 4.79 Å². The van der Waals surface area contributed by atoms with E-state index in [2.05, 4.69) is 40.7 Å². The van der Waals surface area contributed by atoms with Gasteiger partial charge in [-0.1, -0.05) is 42.4 Å². The van der Waals surface area contributed by atoms with Gasteiger partial charge in [-0.25, -0.2) is 15.0 Å². The molecule has 0 unspecified atom stereocenters. The maximum atomic E-state index is 11.9. The van der Waals surface area contributed by atoms with Crippen LogP contribution in [-0.2, 0) is 11.3 Å². The van der Waals surface area contributed by atoms with Crippen LogP contribution in [0.1, 0.15) is 5.56 Å². The molecule has 1 aliphatic heterocycles. The normalized spacial score (nSPS) is 14.0. The monoisotopic (exact) mass is 549 g/mol. The summed E-state index contributed by atoms with van der Waals surface area (Å²) in [5.41, 5.74) is 12.3. The van der Waals surface area contributed by atoms with Gasteiger partial charge in [0.25, 0.3) is 0 Å². The summed E-state index contributed by atoms with van der Waals surface area (Å²) in [7, 11) is 0. The molecule has 6 rings (SSSR count). The first-order valence-electron chi connectivity index (χ1n) is 13.1. The SMILES string of the molecule is C=CC(=O)N1CCN(Cc2ccc(-n3c(-c4cccnc4N)nc4ccc(-c5cccc(Cl)c5)nc43)cc2)CC1. The summed E-state index contributed by atoms with van der Waals surface area (Å²) < 4.78 is 2.03. The number of fused-ring (bicyclic) bond motifs is 1. The summed E-state index contributed by atoms with van der Waals surface area (Å²) in [4.78, 5) is 30.3. The van der Waals surface area contributed by atoms with Gasteiger partial charge in [-0.05, 0) is 60.2 Å². The first-order chi connectivity index (χ1) is 19.5. The zero-order valence-corrected chi connectivity index (χ0v) is 22.6. The third-order valence-corrected chi connectivity index (χ3v) is 7.40. The highest BCUT2D eigenvalue weighted by molar-refractivity contribution is 6.30. The van der Waals surface area contributed by atoms with Crippen LogP contribution in [0.4, 0.5) is 5.82 Å². The minimum absolute atomic E-state index is 0.00579. The van der Waals surface area contributed by atoms with E-state index >= 15 is 0 Å². The quantitative estimate of drug-likeness (QED) is 0.292. The molecule has 9 heteroatoms. The third kappa shape index (κ3) is 5.06. The van der Waals surface area contributed by atoms with Gasteiger partial charge >= 0.3 is 0 Å². The van der Waals surface area contributed by atoms with E-state index in [9.17, 15) is 4.79 Å². The van der Waals surface area contributed by atoms with Crippen LogP contribution in [0.25, 0.3) is 39.5 Å². The maximum absolute atomic E-state index is 11.9. The number of halogens is 1. The second-order valence-corrected chi connectivity index (χ2v) is 10.2. The largest absolute Gasteiger partial charge is 0.383 e. The molecule has 8 nitrogen and oxygen atoms in total. The average Bonchev–Trinajstić information content (AvgIpc) is 3.36.